The minimum absolute atomic E-state index is 0.891. The highest BCUT2D eigenvalue weighted by Crippen LogP contribution is 2.31. The molecule has 1 N–H and O–H groups in total. The van der Waals surface area contributed by atoms with Crippen molar-refractivity contribution in [2.24, 2.45) is 0 Å². The zero-order valence-corrected chi connectivity index (χ0v) is 18.7. The predicted molar refractivity (Wildman–Crippen MR) is 93.8 cm³/mol. The fourth-order valence-electron chi connectivity index (χ4n) is 2.67. The molecule has 1 fully saturated rings. The van der Waals surface area contributed by atoms with Gasteiger partial charge in [0.05, 0.1) is 5.60 Å². The molecule has 0 saturated carbocycles. The molecule has 1 saturated heterocycles. The second-order valence-electron chi connectivity index (χ2n) is 7.61. The zero-order chi connectivity index (χ0) is 16.7. The number of hydrogen-bond donors (Lipinski definition) is 1. The lowest BCUT2D eigenvalue weighted by Gasteiger charge is -2.46. The maximum atomic E-state index is 9.92. The third-order valence-electron chi connectivity index (χ3n) is 2.67. The minimum Gasteiger partial charge on any atom is -0.416 e. The van der Waals surface area contributed by atoms with Crippen molar-refractivity contribution >= 4 is 34.2 Å². The molecule has 0 radical (unpaired) electrons. The average molecular weight is 367 g/mol. The summed E-state index contributed by atoms with van der Waals surface area (Å²) in [6, 6.07) is 0. The van der Waals surface area contributed by atoms with Gasteiger partial charge in [-0.2, -0.15) is 0 Å². The second kappa shape index (κ2) is 5.80. The third-order valence-corrected chi connectivity index (χ3v) is 18.5. The summed E-state index contributed by atoms with van der Waals surface area (Å²) in [5.74, 6) is 0. The van der Waals surface area contributed by atoms with Crippen molar-refractivity contribution in [3.05, 3.63) is 11.8 Å². The van der Waals surface area contributed by atoms with Gasteiger partial charge in [-0.05, 0) is 65.4 Å². The molecule has 0 amide bonds. The van der Waals surface area contributed by atoms with Crippen LogP contribution in [0.15, 0.2) is 11.8 Å². The van der Waals surface area contributed by atoms with Gasteiger partial charge in [-0.25, -0.2) is 0 Å². The molecule has 1 heterocycles. The molecule has 1 aliphatic rings. The number of rotatable bonds is 2. The number of hydrogen-bond acceptors (Lipinski definition) is 5. The lowest BCUT2D eigenvalue weighted by atomic mass is 10.1. The maximum absolute atomic E-state index is 9.92. The Labute approximate surface area is 133 Å². The van der Waals surface area contributed by atoms with Crippen molar-refractivity contribution in [3.63, 3.8) is 0 Å². The molecule has 0 aromatic heterocycles. The van der Waals surface area contributed by atoms with E-state index in [2.05, 4.69) is 0 Å². The van der Waals surface area contributed by atoms with Gasteiger partial charge < -0.3 is 21.6 Å². The van der Waals surface area contributed by atoms with Crippen molar-refractivity contribution in [1.82, 2.24) is 0 Å². The highest BCUT2D eigenvalue weighted by Gasteiger charge is 2.51. The van der Waals surface area contributed by atoms with E-state index < -0.39 is 39.8 Å². The van der Waals surface area contributed by atoms with E-state index in [0.29, 0.717) is 0 Å². The first kappa shape index (κ1) is 19.5. The lowest BCUT2D eigenvalue weighted by Crippen LogP contribution is -2.64. The molecule has 0 spiro atoms. The Bertz CT molecular complexity index is 392. The van der Waals surface area contributed by atoms with Crippen LogP contribution in [-0.4, -0.2) is 45.0 Å². The van der Waals surface area contributed by atoms with Gasteiger partial charge in [0.1, 0.15) is 0 Å². The van der Waals surface area contributed by atoms with Crippen molar-refractivity contribution in [2.45, 2.75) is 65.3 Å². The summed E-state index contributed by atoms with van der Waals surface area (Å²) in [5, 5.41) is 9.92. The van der Waals surface area contributed by atoms with Crippen molar-refractivity contribution in [3.8, 4) is 0 Å². The Morgan fingerprint density at radius 3 is 1.38 bits per heavy atom. The molecule has 21 heavy (non-hydrogen) atoms. The van der Waals surface area contributed by atoms with Crippen molar-refractivity contribution in [2.75, 3.05) is 0 Å². The summed E-state index contributed by atoms with van der Waals surface area (Å²) in [5.41, 5.74) is 1.02. The fraction of sp³-hybridized carbons (Fsp3) is 0.833. The zero-order valence-electron chi connectivity index (χ0n) is 14.7. The van der Waals surface area contributed by atoms with E-state index in [0.717, 1.165) is 0 Å². The molecule has 0 unspecified atom stereocenters. The first-order valence-corrected chi connectivity index (χ1v) is 18.1. The topological polar surface area (TPSA) is 57.2 Å². The van der Waals surface area contributed by atoms with Gasteiger partial charge >= 0.3 is 34.2 Å². The standard InChI is InChI=1S/C12H30O5Si4/c1-12(2,13)10-11-21(9)16-19(5,6)14-18(3,4)15-20(7,8)17-21/h10-11,13H,1-9H3. The van der Waals surface area contributed by atoms with E-state index in [1.165, 1.54) is 0 Å². The highest BCUT2D eigenvalue weighted by molar-refractivity contribution is 6.94. The summed E-state index contributed by atoms with van der Waals surface area (Å²) in [6.45, 7) is 17.6. The molecule has 0 atom stereocenters. The summed E-state index contributed by atoms with van der Waals surface area (Å²) in [6.07, 6.45) is 1.75. The van der Waals surface area contributed by atoms with E-state index in [-0.39, 0.29) is 0 Å². The quantitative estimate of drug-likeness (QED) is 0.761. The van der Waals surface area contributed by atoms with E-state index in [9.17, 15) is 5.11 Å². The van der Waals surface area contributed by atoms with Gasteiger partial charge in [0, 0.05) is 0 Å². The van der Waals surface area contributed by atoms with Gasteiger partial charge in [-0.1, -0.05) is 6.08 Å². The first-order chi connectivity index (χ1) is 9.04. The van der Waals surface area contributed by atoms with Gasteiger partial charge in [-0.15, -0.1) is 0 Å². The van der Waals surface area contributed by atoms with Gasteiger partial charge in [0.2, 0.25) is 0 Å². The Kier molecular flexibility index (Phi) is 5.37. The lowest BCUT2D eigenvalue weighted by molar-refractivity contribution is 0.132. The molecule has 0 aromatic rings. The molecule has 0 bridgehead atoms. The Balaban J connectivity index is 3.13. The second-order valence-corrected chi connectivity index (χ2v) is 21.6. The van der Waals surface area contributed by atoms with Crippen LogP contribution in [0.4, 0.5) is 0 Å². The molecule has 1 rings (SSSR count). The summed E-state index contributed by atoms with van der Waals surface area (Å²) in [4.78, 5) is 0. The van der Waals surface area contributed by atoms with Crippen LogP contribution >= 0.6 is 0 Å². The summed E-state index contributed by atoms with van der Waals surface area (Å²) < 4.78 is 25.2. The molecule has 1 aliphatic heterocycles. The van der Waals surface area contributed by atoms with Crippen molar-refractivity contribution in [1.29, 1.82) is 0 Å². The van der Waals surface area contributed by atoms with Gasteiger partial charge in [-0.3, -0.25) is 0 Å². The molecule has 0 aromatic carbocycles. The highest BCUT2D eigenvalue weighted by atomic mass is 28.5. The molecular weight excluding hydrogens is 336 g/mol. The SMILES string of the molecule is CC(C)(O)C=C[Si]1(C)O[Si](C)(C)O[Si](C)(C)O[Si](C)(C)O1. The minimum atomic E-state index is -2.61. The van der Waals surface area contributed by atoms with Gasteiger partial charge in [0.15, 0.2) is 0 Å². The van der Waals surface area contributed by atoms with Crippen LogP contribution in [-0.2, 0) is 16.5 Å². The summed E-state index contributed by atoms with van der Waals surface area (Å²) >= 11 is 0. The normalized spacial score (nSPS) is 28.1. The fourth-order valence-corrected chi connectivity index (χ4v) is 23.4. The average Bonchev–Trinajstić information content (AvgIpc) is 2.04. The Morgan fingerprint density at radius 1 is 0.714 bits per heavy atom. The smallest absolute Gasteiger partial charge is 0.344 e. The van der Waals surface area contributed by atoms with Crippen LogP contribution in [0.5, 0.6) is 0 Å². The molecule has 5 nitrogen and oxygen atoms in total. The maximum Gasteiger partial charge on any atom is 0.344 e. The van der Waals surface area contributed by atoms with Crippen molar-refractivity contribution < 1.29 is 21.6 Å². The number of aliphatic hydroxyl groups is 1. The van der Waals surface area contributed by atoms with E-state index in [1.807, 2.05) is 51.5 Å². The van der Waals surface area contributed by atoms with Crippen LogP contribution in [0.25, 0.3) is 0 Å². The van der Waals surface area contributed by atoms with E-state index >= 15 is 0 Å². The summed E-state index contributed by atoms with van der Waals surface area (Å²) in [7, 11) is -9.53. The van der Waals surface area contributed by atoms with Crippen LogP contribution in [0, 0.1) is 0 Å². The molecule has 124 valence electrons. The molecule has 9 heteroatoms. The van der Waals surface area contributed by atoms with Gasteiger partial charge in [0.25, 0.3) is 0 Å². The Hall–Kier alpha value is 0.408. The first-order valence-electron chi connectivity index (χ1n) is 7.27. The van der Waals surface area contributed by atoms with Crippen LogP contribution in [0.2, 0.25) is 45.8 Å². The van der Waals surface area contributed by atoms with Crippen LogP contribution < -0.4 is 0 Å². The largest absolute Gasteiger partial charge is 0.416 e. The molecular formula is C12H30O5Si4. The predicted octanol–water partition coefficient (Wildman–Crippen LogP) is 3.11. The monoisotopic (exact) mass is 366 g/mol. The van der Waals surface area contributed by atoms with Crippen LogP contribution in [0.3, 0.4) is 0 Å². The third kappa shape index (κ3) is 7.01. The van der Waals surface area contributed by atoms with E-state index in [4.69, 9.17) is 16.5 Å². The van der Waals surface area contributed by atoms with Crippen LogP contribution in [0.1, 0.15) is 13.8 Å². The molecule has 0 aliphatic carbocycles. The Morgan fingerprint density at radius 2 is 1.05 bits per heavy atom. The van der Waals surface area contributed by atoms with E-state index in [1.54, 1.807) is 19.9 Å².